The van der Waals surface area contributed by atoms with Gasteiger partial charge in [0.25, 0.3) is 0 Å². The molecule has 0 bridgehead atoms. The van der Waals surface area contributed by atoms with Crippen LogP contribution in [0.2, 0.25) is 0 Å². The summed E-state index contributed by atoms with van der Waals surface area (Å²) in [6.45, 7) is 2.06. The molecule has 4 aromatic carbocycles. The summed E-state index contributed by atoms with van der Waals surface area (Å²) in [5, 5.41) is 45.0. The molecular weight excluding hydrogens is 596 g/mol. The van der Waals surface area contributed by atoms with Gasteiger partial charge in [0, 0.05) is 60.6 Å². The zero-order chi connectivity index (χ0) is 31.9. The normalized spacial score (nSPS) is 17.1. The number of aromatic hydroxyl groups is 4. The van der Waals surface area contributed by atoms with Crippen molar-refractivity contribution in [3.63, 3.8) is 0 Å². The largest absolute Gasteiger partial charge is 0.507 e. The minimum Gasteiger partial charge on any atom is -0.507 e. The van der Waals surface area contributed by atoms with Gasteiger partial charge in [0.05, 0.1) is 26.3 Å². The molecular formula is C34H34N2O10. The number of methoxy groups -OCH3 is 2. The van der Waals surface area contributed by atoms with Crippen LogP contribution in [0.4, 0.5) is 0 Å². The third-order valence-corrected chi connectivity index (χ3v) is 8.80. The molecule has 7 rings (SSSR count). The molecule has 0 amide bonds. The van der Waals surface area contributed by atoms with E-state index < -0.39 is 12.1 Å². The maximum atomic E-state index is 11.3. The Morgan fingerprint density at radius 2 is 0.913 bits per heavy atom. The van der Waals surface area contributed by atoms with Crippen molar-refractivity contribution in [1.82, 2.24) is 9.80 Å². The summed E-state index contributed by atoms with van der Waals surface area (Å²) in [6, 6.07) is 16.0. The first-order valence-corrected chi connectivity index (χ1v) is 14.8. The summed E-state index contributed by atoms with van der Waals surface area (Å²) in [6.07, 6.45) is 0. The third-order valence-electron chi connectivity index (χ3n) is 8.80. The Kier molecular flexibility index (Phi) is 7.67. The number of rotatable bonds is 8. The van der Waals surface area contributed by atoms with Crippen LogP contribution in [-0.2, 0) is 0 Å². The molecule has 4 N–H and O–H groups in total. The summed E-state index contributed by atoms with van der Waals surface area (Å²) < 4.78 is 33.1. The zero-order valence-corrected chi connectivity index (χ0v) is 25.3. The number of benzene rings is 4. The molecule has 0 radical (unpaired) electrons. The van der Waals surface area contributed by atoms with Crippen LogP contribution in [0, 0.1) is 0 Å². The van der Waals surface area contributed by atoms with Gasteiger partial charge in [-0.05, 0) is 24.3 Å². The summed E-state index contributed by atoms with van der Waals surface area (Å²) in [5.41, 5.74) is 2.18. The number of phenolic OH excluding ortho intramolecular Hbond substituents is 4. The van der Waals surface area contributed by atoms with Gasteiger partial charge in [-0.15, -0.1) is 0 Å². The standard InChI is InChI=1S/C34H34N2O10/c1-41-25-7-3-5-19(33(25)39)31(21-13-27-29(15-23(21)37)45-17-43-27)35-9-11-36(12-10-35)32(20-6-4-8-26(42-2)34(20)40)22-14-28-30(16-24(22)38)46-18-44-28/h3-8,13-16,31-32,37-40H,9-12,17-18H2,1-2H3/t31-,32+. The Balaban J connectivity index is 1.27. The lowest BCUT2D eigenvalue weighted by molar-refractivity contribution is 0.0866. The first kappa shape index (κ1) is 29.5. The van der Waals surface area contributed by atoms with E-state index in [1.807, 2.05) is 0 Å². The molecule has 0 aliphatic carbocycles. The molecule has 3 aliphatic heterocycles. The lowest BCUT2D eigenvalue weighted by atomic mass is 9.92. The molecule has 0 aromatic heterocycles. The molecule has 12 nitrogen and oxygen atoms in total. The molecule has 12 heteroatoms. The van der Waals surface area contributed by atoms with Gasteiger partial charge in [-0.1, -0.05) is 24.3 Å². The molecule has 46 heavy (non-hydrogen) atoms. The maximum Gasteiger partial charge on any atom is 0.231 e. The summed E-state index contributed by atoms with van der Waals surface area (Å²) in [7, 11) is 2.98. The maximum absolute atomic E-state index is 11.3. The predicted octanol–water partition coefficient (Wildman–Crippen LogP) is 4.48. The Bertz CT molecular complexity index is 1640. The van der Waals surface area contributed by atoms with E-state index in [9.17, 15) is 20.4 Å². The second-order valence-electron chi connectivity index (χ2n) is 11.2. The molecule has 1 saturated heterocycles. The van der Waals surface area contributed by atoms with Crippen LogP contribution >= 0.6 is 0 Å². The molecule has 2 atom stereocenters. The van der Waals surface area contributed by atoms with Crippen LogP contribution in [0.5, 0.6) is 57.5 Å². The minimum atomic E-state index is -0.575. The first-order chi connectivity index (χ1) is 22.4. The molecule has 0 saturated carbocycles. The number of ether oxygens (including phenoxy) is 6. The average molecular weight is 631 g/mol. The molecule has 0 unspecified atom stereocenters. The van der Waals surface area contributed by atoms with Crippen molar-refractivity contribution >= 4 is 0 Å². The van der Waals surface area contributed by atoms with E-state index >= 15 is 0 Å². The second kappa shape index (κ2) is 12.0. The number of fused-ring (bicyclic) bond motifs is 2. The van der Waals surface area contributed by atoms with E-state index in [0.29, 0.717) is 82.9 Å². The number of nitrogens with zero attached hydrogens (tertiary/aromatic N) is 2. The van der Waals surface area contributed by atoms with Crippen LogP contribution in [0.1, 0.15) is 34.3 Å². The van der Waals surface area contributed by atoms with Crippen molar-refractivity contribution in [3.8, 4) is 57.5 Å². The Morgan fingerprint density at radius 3 is 1.28 bits per heavy atom. The van der Waals surface area contributed by atoms with Gasteiger partial charge in [-0.3, -0.25) is 9.80 Å². The van der Waals surface area contributed by atoms with Gasteiger partial charge in [-0.2, -0.15) is 0 Å². The zero-order valence-electron chi connectivity index (χ0n) is 25.3. The smallest absolute Gasteiger partial charge is 0.231 e. The lowest BCUT2D eigenvalue weighted by Gasteiger charge is -2.43. The van der Waals surface area contributed by atoms with Gasteiger partial charge in [0.2, 0.25) is 13.6 Å². The van der Waals surface area contributed by atoms with E-state index in [4.69, 9.17) is 28.4 Å². The van der Waals surface area contributed by atoms with Crippen LogP contribution < -0.4 is 28.4 Å². The number of piperazine rings is 1. The number of hydrogen-bond acceptors (Lipinski definition) is 12. The highest BCUT2D eigenvalue weighted by Crippen LogP contribution is 2.49. The fourth-order valence-corrected chi connectivity index (χ4v) is 6.56. The Hall–Kier alpha value is -5.20. The molecule has 240 valence electrons. The van der Waals surface area contributed by atoms with Crippen LogP contribution in [0.15, 0.2) is 60.7 Å². The molecule has 3 aliphatic rings. The predicted molar refractivity (Wildman–Crippen MR) is 165 cm³/mol. The first-order valence-electron chi connectivity index (χ1n) is 14.8. The van der Waals surface area contributed by atoms with Gasteiger partial charge in [0.1, 0.15) is 11.5 Å². The number of para-hydroxylation sites is 2. The summed E-state index contributed by atoms with van der Waals surface area (Å²) in [5.74, 6) is 2.48. The fourth-order valence-electron chi connectivity index (χ4n) is 6.56. The topological polar surface area (TPSA) is 143 Å². The number of phenols is 4. The molecule has 0 spiro atoms. The van der Waals surface area contributed by atoms with Gasteiger partial charge < -0.3 is 48.8 Å². The van der Waals surface area contributed by atoms with Crippen molar-refractivity contribution in [2.75, 3.05) is 54.0 Å². The highest BCUT2D eigenvalue weighted by atomic mass is 16.7. The number of hydrogen-bond donors (Lipinski definition) is 4. The highest BCUT2D eigenvalue weighted by Gasteiger charge is 2.37. The van der Waals surface area contributed by atoms with Gasteiger partial charge in [0.15, 0.2) is 46.0 Å². The summed E-state index contributed by atoms with van der Waals surface area (Å²) in [4.78, 5) is 4.31. The molecule has 4 aromatic rings. The van der Waals surface area contributed by atoms with Crippen LogP contribution in [0.3, 0.4) is 0 Å². The summed E-state index contributed by atoms with van der Waals surface area (Å²) >= 11 is 0. The van der Waals surface area contributed by atoms with Gasteiger partial charge >= 0.3 is 0 Å². The highest BCUT2D eigenvalue weighted by molar-refractivity contribution is 5.59. The second-order valence-corrected chi connectivity index (χ2v) is 11.2. The fraction of sp³-hybridized carbons (Fsp3) is 0.294. The van der Waals surface area contributed by atoms with Gasteiger partial charge in [-0.25, -0.2) is 0 Å². The van der Waals surface area contributed by atoms with Crippen molar-refractivity contribution in [2.24, 2.45) is 0 Å². The van der Waals surface area contributed by atoms with E-state index in [-0.39, 0.29) is 36.6 Å². The lowest BCUT2D eigenvalue weighted by Crippen LogP contribution is -2.49. The van der Waals surface area contributed by atoms with E-state index in [0.717, 1.165) is 0 Å². The third kappa shape index (κ3) is 5.05. The SMILES string of the molecule is COc1cccc([C@@H](c2cc3c(cc2O)OCO3)N2CCN([C@@H](c3cc4c(cc3O)OCO4)c3cccc(OC)c3O)CC2)c1O. The molecule has 3 heterocycles. The van der Waals surface area contributed by atoms with Crippen LogP contribution in [-0.4, -0.2) is 84.2 Å². The monoisotopic (exact) mass is 630 g/mol. The van der Waals surface area contributed by atoms with E-state index in [1.54, 1.807) is 48.5 Å². The minimum absolute atomic E-state index is 0.00311. The van der Waals surface area contributed by atoms with Crippen LogP contribution in [0.25, 0.3) is 0 Å². The Labute approximate surface area is 265 Å². The molecule has 1 fully saturated rings. The average Bonchev–Trinajstić information content (AvgIpc) is 3.72. The van der Waals surface area contributed by atoms with Crippen molar-refractivity contribution in [1.29, 1.82) is 0 Å². The van der Waals surface area contributed by atoms with Crippen molar-refractivity contribution in [3.05, 3.63) is 82.9 Å². The quantitative estimate of drug-likeness (QED) is 0.218. The van der Waals surface area contributed by atoms with Crippen molar-refractivity contribution < 1.29 is 48.8 Å². The van der Waals surface area contributed by atoms with E-state index in [1.165, 1.54) is 26.4 Å². The van der Waals surface area contributed by atoms with E-state index in [2.05, 4.69) is 9.80 Å². The van der Waals surface area contributed by atoms with Crippen molar-refractivity contribution in [2.45, 2.75) is 12.1 Å². The Morgan fingerprint density at radius 1 is 0.543 bits per heavy atom.